The van der Waals surface area contributed by atoms with Crippen LogP contribution in [0.4, 0.5) is 0 Å². The first-order chi connectivity index (χ1) is 9.17. The van der Waals surface area contributed by atoms with E-state index in [0.29, 0.717) is 6.42 Å². The van der Waals surface area contributed by atoms with Gasteiger partial charge in [0.05, 0.1) is 18.7 Å². The van der Waals surface area contributed by atoms with Gasteiger partial charge in [-0.1, -0.05) is 36.4 Å². The minimum absolute atomic E-state index is 0.161. The maximum absolute atomic E-state index is 11.7. The third kappa shape index (κ3) is 2.70. The Morgan fingerprint density at radius 2 is 2.16 bits per heavy atom. The van der Waals surface area contributed by atoms with E-state index < -0.39 is 0 Å². The topological polar surface area (TPSA) is 29.5 Å². The molecule has 1 aliphatic rings. The van der Waals surface area contributed by atoms with Gasteiger partial charge in [0.25, 0.3) is 0 Å². The third-order valence-electron chi connectivity index (χ3n) is 3.58. The second-order valence-corrected chi connectivity index (χ2v) is 4.68. The highest BCUT2D eigenvalue weighted by molar-refractivity contribution is 5.89. The fourth-order valence-electron chi connectivity index (χ4n) is 2.47. The summed E-state index contributed by atoms with van der Waals surface area (Å²) in [6, 6.07) is 10.4. The number of carbonyl (C=O) groups is 1. The van der Waals surface area contributed by atoms with Gasteiger partial charge in [0, 0.05) is 18.7 Å². The van der Waals surface area contributed by atoms with Crippen molar-refractivity contribution in [3.8, 4) is 0 Å². The van der Waals surface area contributed by atoms with Gasteiger partial charge in [-0.3, -0.25) is 0 Å². The molecular formula is C16H19NO2. The molecule has 19 heavy (non-hydrogen) atoms. The SMILES string of the molecule is C=CC1CC(C(=O)OC)=C(C)N1Cc1ccccc1. The average molecular weight is 257 g/mol. The minimum Gasteiger partial charge on any atom is -0.466 e. The van der Waals surface area contributed by atoms with Crippen molar-refractivity contribution < 1.29 is 9.53 Å². The number of benzene rings is 1. The van der Waals surface area contributed by atoms with Crippen LogP contribution in [0.15, 0.2) is 54.3 Å². The van der Waals surface area contributed by atoms with Crippen molar-refractivity contribution in [3.63, 3.8) is 0 Å². The Hall–Kier alpha value is -2.03. The van der Waals surface area contributed by atoms with Gasteiger partial charge in [0.1, 0.15) is 0 Å². The zero-order chi connectivity index (χ0) is 13.8. The Balaban J connectivity index is 2.24. The van der Waals surface area contributed by atoms with E-state index >= 15 is 0 Å². The highest BCUT2D eigenvalue weighted by Crippen LogP contribution is 2.31. The quantitative estimate of drug-likeness (QED) is 0.613. The Kier molecular flexibility index (Phi) is 4.05. The third-order valence-corrected chi connectivity index (χ3v) is 3.58. The molecule has 0 radical (unpaired) electrons. The van der Waals surface area contributed by atoms with Gasteiger partial charge >= 0.3 is 5.97 Å². The summed E-state index contributed by atoms with van der Waals surface area (Å²) in [5, 5.41) is 0. The minimum atomic E-state index is -0.236. The van der Waals surface area contributed by atoms with Gasteiger partial charge in [-0.2, -0.15) is 0 Å². The number of ether oxygens (including phenoxy) is 1. The molecule has 0 spiro atoms. The van der Waals surface area contributed by atoms with Crippen LogP contribution >= 0.6 is 0 Å². The first-order valence-electron chi connectivity index (χ1n) is 6.38. The molecule has 1 atom stereocenters. The number of methoxy groups -OCH3 is 1. The van der Waals surface area contributed by atoms with E-state index in [4.69, 9.17) is 4.74 Å². The normalized spacial score (nSPS) is 18.6. The van der Waals surface area contributed by atoms with Crippen LogP contribution in [0.1, 0.15) is 18.9 Å². The fraction of sp³-hybridized carbons (Fsp3) is 0.312. The van der Waals surface area contributed by atoms with Gasteiger partial charge in [-0.05, 0) is 12.5 Å². The van der Waals surface area contributed by atoms with Crippen molar-refractivity contribution in [1.29, 1.82) is 0 Å². The molecule has 1 heterocycles. The van der Waals surface area contributed by atoms with Crippen LogP contribution < -0.4 is 0 Å². The molecule has 0 aromatic heterocycles. The molecule has 0 fully saturated rings. The zero-order valence-electron chi connectivity index (χ0n) is 11.4. The molecule has 0 saturated carbocycles. The maximum atomic E-state index is 11.7. The molecule has 1 aliphatic heterocycles. The molecule has 100 valence electrons. The highest BCUT2D eigenvalue weighted by Gasteiger charge is 2.31. The van der Waals surface area contributed by atoms with E-state index in [1.807, 2.05) is 31.2 Å². The molecule has 2 rings (SSSR count). The number of hydrogen-bond acceptors (Lipinski definition) is 3. The van der Waals surface area contributed by atoms with E-state index in [-0.39, 0.29) is 12.0 Å². The second kappa shape index (κ2) is 5.74. The summed E-state index contributed by atoms with van der Waals surface area (Å²) in [5.41, 5.74) is 2.96. The lowest BCUT2D eigenvalue weighted by molar-refractivity contribution is -0.136. The molecule has 0 amide bonds. The van der Waals surface area contributed by atoms with Gasteiger partial charge in [0.2, 0.25) is 0 Å². The molecule has 0 saturated heterocycles. The Morgan fingerprint density at radius 3 is 2.74 bits per heavy atom. The van der Waals surface area contributed by atoms with Crippen LogP contribution in [-0.4, -0.2) is 24.0 Å². The number of allylic oxidation sites excluding steroid dienone is 1. The molecule has 0 N–H and O–H groups in total. The largest absolute Gasteiger partial charge is 0.466 e. The van der Waals surface area contributed by atoms with E-state index in [1.54, 1.807) is 0 Å². The molecule has 1 aromatic rings. The zero-order valence-corrected chi connectivity index (χ0v) is 11.4. The van der Waals surface area contributed by atoms with Crippen molar-refractivity contribution in [3.05, 3.63) is 59.8 Å². The Labute approximate surface area is 114 Å². The Morgan fingerprint density at radius 1 is 1.47 bits per heavy atom. The lowest BCUT2D eigenvalue weighted by Crippen LogP contribution is -2.26. The summed E-state index contributed by atoms with van der Waals surface area (Å²) in [4.78, 5) is 13.9. The summed E-state index contributed by atoms with van der Waals surface area (Å²) >= 11 is 0. The lowest BCUT2D eigenvalue weighted by Gasteiger charge is -2.26. The van der Waals surface area contributed by atoms with Crippen LogP contribution in [-0.2, 0) is 16.1 Å². The number of hydrogen-bond donors (Lipinski definition) is 0. The van der Waals surface area contributed by atoms with Crippen LogP contribution in [0.3, 0.4) is 0 Å². The number of nitrogens with zero attached hydrogens (tertiary/aromatic N) is 1. The van der Waals surface area contributed by atoms with Crippen LogP contribution in [0.5, 0.6) is 0 Å². The first-order valence-corrected chi connectivity index (χ1v) is 6.38. The predicted molar refractivity (Wildman–Crippen MR) is 75.3 cm³/mol. The van der Waals surface area contributed by atoms with Gasteiger partial charge < -0.3 is 9.64 Å². The van der Waals surface area contributed by atoms with Crippen LogP contribution in [0, 0.1) is 0 Å². The van der Waals surface area contributed by atoms with Crippen LogP contribution in [0.2, 0.25) is 0 Å². The first kappa shape index (κ1) is 13.4. The highest BCUT2D eigenvalue weighted by atomic mass is 16.5. The molecule has 3 heteroatoms. The van der Waals surface area contributed by atoms with Crippen molar-refractivity contribution in [2.75, 3.05) is 7.11 Å². The van der Waals surface area contributed by atoms with Crippen molar-refractivity contribution in [2.45, 2.75) is 25.9 Å². The van der Waals surface area contributed by atoms with Gasteiger partial charge in [-0.15, -0.1) is 6.58 Å². The molecule has 1 unspecified atom stereocenters. The standard InChI is InChI=1S/C16H19NO2/c1-4-14-10-15(16(18)19-3)12(2)17(14)11-13-8-6-5-7-9-13/h4-9,14H,1,10-11H2,2-3H3. The summed E-state index contributed by atoms with van der Waals surface area (Å²) in [6.07, 6.45) is 2.57. The molecular weight excluding hydrogens is 238 g/mol. The summed E-state index contributed by atoms with van der Waals surface area (Å²) < 4.78 is 4.84. The van der Waals surface area contributed by atoms with Crippen molar-refractivity contribution in [1.82, 2.24) is 4.90 Å². The average Bonchev–Trinajstić information content (AvgIpc) is 2.76. The molecule has 3 nitrogen and oxygen atoms in total. The number of rotatable bonds is 4. The summed E-state index contributed by atoms with van der Waals surface area (Å²) in [7, 11) is 1.42. The van der Waals surface area contributed by atoms with Gasteiger partial charge in [0.15, 0.2) is 0 Å². The molecule has 0 bridgehead atoms. The predicted octanol–water partition coefficient (Wildman–Crippen LogP) is 2.89. The number of esters is 1. The van der Waals surface area contributed by atoms with E-state index in [2.05, 4.69) is 23.6 Å². The van der Waals surface area contributed by atoms with Crippen LogP contribution in [0.25, 0.3) is 0 Å². The Bertz CT molecular complexity index is 505. The fourth-order valence-corrected chi connectivity index (χ4v) is 2.47. The molecule has 1 aromatic carbocycles. The second-order valence-electron chi connectivity index (χ2n) is 4.68. The van der Waals surface area contributed by atoms with Crippen molar-refractivity contribution in [2.24, 2.45) is 0 Å². The molecule has 0 aliphatic carbocycles. The van der Waals surface area contributed by atoms with Gasteiger partial charge in [-0.25, -0.2) is 4.79 Å². The monoisotopic (exact) mass is 257 g/mol. The van der Waals surface area contributed by atoms with E-state index in [9.17, 15) is 4.79 Å². The smallest absolute Gasteiger partial charge is 0.335 e. The van der Waals surface area contributed by atoms with E-state index in [1.165, 1.54) is 12.7 Å². The van der Waals surface area contributed by atoms with E-state index in [0.717, 1.165) is 17.8 Å². The van der Waals surface area contributed by atoms with Crippen molar-refractivity contribution >= 4 is 5.97 Å². The summed E-state index contributed by atoms with van der Waals surface area (Å²) in [5.74, 6) is -0.236. The summed E-state index contributed by atoms with van der Waals surface area (Å²) in [6.45, 7) is 6.62. The lowest BCUT2D eigenvalue weighted by atomic mass is 10.1. The number of carbonyl (C=O) groups excluding carboxylic acids is 1. The maximum Gasteiger partial charge on any atom is 0.335 e.